The summed E-state index contributed by atoms with van der Waals surface area (Å²) in [4.78, 5) is 24.4. The number of nitrogens with one attached hydrogen (secondary N) is 1. The highest BCUT2D eigenvalue weighted by Crippen LogP contribution is 2.18. The van der Waals surface area contributed by atoms with Gasteiger partial charge in [-0.1, -0.05) is 12.1 Å². The first-order valence-electron chi connectivity index (χ1n) is 7.66. The zero-order valence-corrected chi connectivity index (χ0v) is 15.3. The molecule has 1 atom stereocenters. The van der Waals surface area contributed by atoms with Crippen LogP contribution in [0.2, 0.25) is 0 Å². The van der Waals surface area contributed by atoms with Gasteiger partial charge in [0.25, 0.3) is 5.91 Å². The number of rotatable bonds is 5. The maximum absolute atomic E-state index is 13.1. The Bertz CT molecular complexity index is 956. The first-order valence-corrected chi connectivity index (χ1v) is 9.55. The first-order chi connectivity index (χ1) is 12.1. The Morgan fingerprint density at radius 3 is 2.46 bits per heavy atom. The number of esters is 1. The van der Waals surface area contributed by atoms with Gasteiger partial charge < -0.3 is 10.1 Å². The highest BCUT2D eigenvalue weighted by atomic mass is 32.2. The van der Waals surface area contributed by atoms with E-state index in [0.29, 0.717) is 5.56 Å². The van der Waals surface area contributed by atoms with Gasteiger partial charge in [0.05, 0.1) is 10.5 Å². The minimum absolute atomic E-state index is 0.0214. The lowest BCUT2D eigenvalue weighted by Crippen LogP contribution is -2.30. The van der Waals surface area contributed by atoms with Crippen molar-refractivity contribution in [3.8, 4) is 0 Å². The van der Waals surface area contributed by atoms with Crippen molar-refractivity contribution in [2.45, 2.75) is 24.8 Å². The van der Waals surface area contributed by atoms with Crippen LogP contribution in [0.3, 0.4) is 0 Å². The Labute approximate surface area is 150 Å². The molecule has 8 heteroatoms. The van der Waals surface area contributed by atoms with E-state index in [1.807, 2.05) is 0 Å². The van der Waals surface area contributed by atoms with Crippen LogP contribution in [0.5, 0.6) is 0 Å². The van der Waals surface area contributed by atoms with Gasteiger partial charge in [-0.25, -0.2) is 17.6 Å². The summed E-state index contributed by atoms with van der Waals surface area (Å²) in [5.74, 6) is -1.98. The average Bonchev–Trinajstić information content (AvgIpc) is 2.53. The number of amides is 1. The third-order valence-corrected chi connectivity index (χ3v) is 4.71. The van der Waals surface area contributed by atoms with Crippen molar-refractivity contribution in [2.24, 2.45) is 0 Å². The smallest absolute Gasteiger partial charge is 0.339 e. The molecule has 138 valence electrons. The van der Waals surface area contributed by atoms with E-state index in [4.69, 9.17) is 4.74 Å². The fourth-order valence-corrected chi connectivity index (χ4v) is 2.79. The monoisotopic (exact) mass is 379 g/mol. The molecule has 26 heavy (non-hydrogen) atoms. The summed E-state index contributed by atoms with van der Waals surface area (Å²) in [5.41, 5.74) is 0.798. The molecule has 0 aliphatic rings. The molecule has 2 aromatic carbocycles. The Balaban J connectivity index is 2.12. The molecule has 0 fully saturated rings. The van der Waals surface area contributed by atoms with Crippen molar-refractivity contribution < 1.29 is 27.1 Å². The number of anilines is 1. The van der Waals surface area contributed by atoms with Crippen LogP contribution in [0.25, 0.3) is 0 Å². The van der Waals surface area contributed by atoms with Gasteiger partial charge in [-0.3, -0.25) is 4.79 Å². The van der Waals surface area contributed by atoms with E-state index in [9.17, 15) is 22.4 Å². The van der Waals surface area contributed by atoms with E-state index in [1.165, 1.54) is 43.3 Å². The lowest BCUT2D eigenvalue weighted by Gasteiger charge is -2.15. The van der Waals surface area contributed by atoms with Gasteiger partial charge in [0.2, 0.25) is 0 Å². The third-order valence-electron chi connectivity index (χ3n) is 3.60. The number of carbonyl (C=O) groups is 2. The highest BCUT2D eigenvalue weighted by molar-refractivity contribution is 7.90. The van der Waals surface area contributed by atoms with Crippen LogP contribution in [0, 0.1) is 12.7 Å². The Hall–Kier alpha value is -2.74. The molecule has 1 amide bonds. The van der Waals surface area contributed by atoms with Crippen molar-refractivity contribution in [2.75, 3.05) is 11.6 Å². The molecule has 2 rings (SSSR count). The van der Waals surface area contributed by atoms with Gasteiger partial charge in [0.15, 0.2) is 15.9 Å². The minimum Gasteiger partial charge on any atom is -0.449 e. The first kappa shape index (κ1) is 19.6. The van der Waals surface area contributed by atoms with Crippen molar-refractivity contribution >= 4 is 27.4 Å². The van der Waals surface area contributed by atoms with E-state index >= 15 is 0 Å². The maximum atomic E-state index is 13.1. The molecular weight excluding hydrogens is 361 g/mol. The lowest BCUT2D eigenvalue weighted by atomic mass is 10.1. The summed E-state index contributed by atoms with van der Waals surface area (Å²) in [6.45, 7) is 2.99. The van der Waals surface area contributed by atoms with Crippen LogP contribution < -0.4 is 5.32 Å². The second-order valence-corrected chi connectivity index (χ2v) is 7.81. The fraction of sp³-hybridized carbons (Fsp3) is 0.222. The van der Waals surface area contributed by atoms with Crippen molar-refractivity contribution in [3.63, 3.8) is 0 Å². The number of halogens is 1. The molecule has 2 aromatic rings. The van der Waals surface area contributed by atoms with Crippen LogP contribution >= 0.6 is 0 Å². The summed E-state index contributed by atoms with van der Waals surface area (Å²) in [6, 6.07) is 9.38. The number of carbonyl (C=O) groups excluding carboxylic acids is 2. The quantitative estimate of drug-likeness (QED) is 0.807. The van der Waals surface area contributed by atoms with Crippen LogP contribution in [0.15, 0.2) is 47.4 Å². The second kappa shape index (κ2) is 7.65. The molecule has 0 aromatic heterocycles. The predicted molar refractivity (Wildman–Crippen MR) is 94.2 cm³/mol. The van der Waals surface area contributed by atoms with E-state index in [1.54, 1.807) is 6.92 Å². The molecule has 0 heterocycles. The molecule has 0 aliphatic heterocycles. The van der Waals surface area contributed by atoms with Crippen LogP contribution in [-0.4, -0.2) is 32.7 Å². The molecular formula is C18H18FNO5S. The van der Waals surface area contributed by atoms with Crippen molar-refractivity contribution in [1.29, 1.82) is 0 Å². The number of ether oxygens (including phenoxy) is 1. The highest BCUT2D eigenvalue weighted by Gasteiger charge is 2.21. The van der Waals surface area contributed by atoms with E-state index in [2.05, 4.69) is 5.32 Å². The van der Waals surface area contributed by atoms with Crippen LogP contribution in [0.4, 0.5) is 10.1 Å². The lowest BCUT2D eigenvalue weighted by molar-refractivity contribution is -0.123. The summed E-state index contributed by atoms with van der Waals surface area (Å²) in [6.07, 6.45) is -0.131. The van der Waals surface area contributed by atoms with E-state index in [-0.39, 0.29) is 16.1 Å². The molecule has 0 saturated carbocycles. The number of benzene rings is 2. The number of sulfone groups is 1. The summed E-state index contributed by atoms with van der Waals surface area (Å²) in [5, 5.41) is 2.44. The van der Waals surface area contributed by atoms with Gasteiger partial charge in [-0.2, -0.15) is 0 Å². The predicted octanol–water partition coefficient (Wildman–Crippen LogP) is 2.72. The van der Waals surface area contributed by atoms with Crippen LogP contribution in [0.1, 0.15) is 22.8 Å². The van der Waals surface area contributed by atoms with Crippen LogP contribution in [-0.2, 0) is 19.4 Å². The van der Waals surface area contributed by atoms with Crippen molar-refractivity contribution in [1.82, 2.24) is 0 Å². The molecule has 1 N–H and O–H groups in total. The van der Waals surface area contributed by atoms with E-state index in [0.717, 1.165) is 12.3 Å². The molecule has 0 spiro atoms. The maximum Gasteiger partial charge on any atom is 0.339 e. The Morgan fingerprint density at radius 1 is 1.15 bits per heavy atom. The fourth-order valence-electron chi connectivity index (χ4n) is 2.14. The molecule has 0 radical (unpaired) electrons. The zero-order valence-electron chi connectivity index (χ0n) is 14.4. The van der Waals surface area contributed by atoms with Gasteiger partial charge in [0.1, 0.15) is 5.82 Å². The third kappa shape index (κ3) is 4.89. The second-order valence-electron chi connectivity index (χ2n) is 5.80. The molecule has 0 unspecified atom stereocenters. The van der Waals surface area contributed by atoms with Gasteiger partial charge in [-0.15, -0.1) is 0 Å². The Morgan fingerprint density at radius 2 is 1.85 bits per heavy atom. The number of hydrogen-bond acceptors (Lipinski definition) is 5. The van der Waals surface area contributed by atoms with Gasteiger partial charge >= 0.3 is 5.97 Å². The molecule has 0 aliphatic carbocycles. The summed E-state index contributed by atoms with van der Waals surface area (Å²) < 4.78 is 41.5. The average molecular weight is 379 g/mol. The van der Waals surface area contributed by atoms with Crippen molar-refractivity contribution in [3.05, 3.63) is 59.4 Å². The number of aryl methyl sites for hydroxylation is 1. The standard InChI is InChI=1S/C18H18FNO5S/c1-11-7-8-15(26(3,23)24)10-16(11)18(22)25-12(2)17(21)20-14-6-4-5-13(19)9-14/h4-10,12H,1-3H3,(H,20,21)/t12-/m0/s1. The van der Waals surface area contributed by atoms with E-state index < -0.39 is 33.6 Å². The molecule has 6 nitrogen and oxygen atoms in total. The normalized spacial score (nSPS) is 12.3. The topological polar surface area (TPSA) is 89.5 Å². The van der Waals surface area contributed by atoms with Gasteiger partial charge in [-0.05, 0) is 49.7 Å². The summed E-state index contributed by atoms with van der Waals surface area (Å²) in [7, 11) is -3.49. The van der Waals surface area contributed by atoms with Gasteiger partial charge in [0, 0.05) is 11.9 Å². The Kier molecular flexibility index (Phi) is 5.76. The molecule has 0 bridgehead atoms. The molecule has 0 saturated heterocycles. The zero-order chi connectivity index (χ0) is 19.5. The number of hydrogen-bond donors (Lipinski definition) is 1. The SMILES string of the molecule is Cc1ccc(S(C)(=O)=O)cc1C(=O)O[C@@H](C)C(=O)Nc1cccc(F)c1. The largest absolute Gasteiger partial charge is 0.449 e. The summed E-state index contributed by atoms with van der Waals surface area (Å²) >= 11 is 0. The minimum atomic E-state index is -3.49.